The highest BCUT2D eigenvalue weighted by atomic mass is 16.2. The highest BCUT2D eigenvalue weighted by Crippen LogP contribution is 2.05. The third kappa shape index (κ3) is 4.03. The Balaban J connectivity index is 2.52. The van der Waals surface area contributed by atoms with Crippen LogP contribution in [0.5, 0.6) is 0 Å². The molecule has 1 aromatic carbocycles. The fourth-order valence-electron chi connectivity index (χ4n) is 1.56. The third-order valence-electron chi connectivity index (χ3n) is 2.45. The van der Waals surface area contributed by atoms with Gasteiger partial charge in [0.1, 0.15) is 0 Å². The first kappa shape index (κ1) is 12.7. The lowest BCUT2D eigenvalue weighted by atomic mass is 10.1. The summed E-state index contributed by atoms with van der Waals surface area (Å²) in [6.07, 6.45) is 1.52. The van der Waals surface area contributed by atoms with Gasteiger partial charge in [-0.2, -0.15) is 0 Å². The Kier molecular flexibility index (Phi) is 4.99. The van der Waals surface area contributed by atoms with Gasteiger partial charge in [0.25, 0.3) is 5.91 Å². The number of carbonyl (C=O) groups excluding carboxylic acids is 1. The second kappa shape index (κ2) is 6.28. The molecule has 16 heavy (non-hydrogen) atoms. The van der Waals surface area contributed by atoms with Crippen LogP contribution in [0.4, 0.5) is 0 Å². The van der Waals surface area contributed by atoms with Gasteiger partial charge in [-0.05, 0) is 38.8 Å². The van der Waals surface area contributed by atoms with Crippen molar-refractivity contribution in [2.24, 2.45) is 0 Å². The van der Waals surface area contributed by atoms with Crippen LogP contribution in [0.1, 0.15) is 35.7 Å². The Hall–Kier alpha value is -1.35. The minimum Gasteiger partial charge on any atom is -0.396 e. The summed E-state index contributed by atoms with van der Waals surface area (Å²) in [5, 5.41) is 11.6. The summed E-state index contributed by atoms with van der Waals surface area (Å²) in [6.45, 7) is 4.08. The molecule has 0 bridgehead atoms. The molecule has 1 amide bonds. The minimum atomic E-state index is -0.0471. The summed E-state index contributed by atoms with van der Waals surface area (Å²) < 4.78 is 0. The summed E-state index contributed by atoms with van der Waals surface area (Å²) in [6, 6.07) is 7.62. The van der Waals surface area contributed by atoms with Gasteiger partial charge in [-0.25, -0.2) is 0 Å². The van der Waals surface area contributed by atoms with Gasteiger partial charge in [0, 0.05) is 18.2 Å². The standard InChI is InChI=1S/C13H19NO2/c1-10-5-3-7-12(9-10)13(16)14-11(2)6-4-8-15/h3,5,7,9,11,15H,4,6,8H2,1-2H3,(H,14,16). The zero-order valence-electron chi connectivity index (χ0n) is 9.86. The van der Waals surface area contributed by atoms with Crippen molar-refractivity contribution in [3.8, 4) is 0 Å². The predicted octanol–water partition coefficient (Wildman–Crippen LogP) is 1.89. The molecular formula is C13H19NO2. The van der Waals surface area contributed by atoms with Crippen molar-refractivity contribution in [3.63, 3.8) is 0 Å². The molecule has 0 spiro atoms. The summed E-state index contributed by atoms with van der Waals surface area (Å²) in [4.78, 5) is 11.8. The molecule has 1 aromatic rings. The number of hydrogen-bond donors (Lipinski definition) is 2. The topological polar surface area (TPSA) is 49.3 Å². The number of aliphatic hydroxyl groups excluding tert-OH is 1. The first-order chi connectivity index (χ1) is 7.63. The summed E-state index contributed by atoms with van der Waals surface area (Å²) in [7, 11) is 0. The molecule has 0 fully saturated rings. The molecule has 0 aromatic heterocycles. The van der Waals surface area contributed by atoms with Crippen molar-refractivity contribution in [3.05, 3.63) is 35.4 Å². The number of benzene rings is 1. The van der Waals surface area contributed by atoms with E-state index in [1.807, 2.05) is 32.0 Å². The lowest BCUT2D eigenvalue weighted by molar-refractivity contribution is 0.0936. The van der Waals surface area contributed by atoms with E-state index in [1.54, 1.807) is 6.07 Å². The smallest absolute Gasteiger partial charge is 0.251 e. The fourth-order valence-corrected chi connectivity index (χ4v) is 1.56. The number of aliphatic hydroxyl groups is 1. The molecule has 0 saturated carbocycles. The van der Waals surface area contributed by atoms with Crippen LogP contribution in [-0.4, -0.2) is 23.7 Å². The number of rotatable bonds is 5. The van der Waals surface area contributed by atoms with Crippen molar-refractivity contribution in [2.45, 2.75) is 32.7 Å². The Morgan fingerprint density at radius 2 is 2.25 bits per heavy atom. The normalized spacial score (nSPS) is 12.2. The van der Waals surface area contributed by atoms with E-state index in [0.29, 0.717) is 5.56 Å². The molecule has 1 rings (SSSR count). The molecule has 1 unspecified atom stereocenters. The number of carbonyl (C=O) groups is 1. The highest BCUT2D eigenvalue weighted by molar-refractivity contribution is 5.94. The van der Waals surface area contributed by atoms with Crippen molar-refractivity contribution >= 4 is 5.91 Å². The van der Waals surface area contributed by atoms with Crippen LogP contribution in [0.3, 0.4) is 0 Å². The lowest BCUT2D eigenvalue weighted by Crippen LogP contribution is -2.32. The molecule has 0 radical (unpaired) electrons. The van der Waals surface area contributed by atoms with E-state index in [2.05, 4.69) is 5.32 Å². The SMILES string of the molecule is Cc1cccc(C(=O)NC(C)CCCO)c1. The monoisotopic (exact) mass is 221 g/mol. The van der Waals surface area contributed by atoms with Crippen LogP contribution in [-0.2, 0) is 0 Å². The molecule has 0 aliphatic heterocycles. The highest BCUT2D eigenvalue weighted by Gasteiger charge is 2.08. The van der Waals surface area contributed by atoms with E-state index in [0.717, 1.165) is 18.4 Å². The number of aryl methyl sites for hydroxylation is 1. The summed E-state index contributed by atoms with van der Waals surface area (Å²) in [5.74, 6) is -0.0471. The van der Waals surface area contributed by atoms with Gasteiger partial charge in [0.15, 0.2) is 0 Å². The Bertz CT molecular complexity index is 350. The van der Waals surface area contributed by atoms with Gasteiger partial charge in [-0.1, -0.05) is 17.7 Å². The van der Waals surface area contributed by atoms with Crippen molar-refractivity contribution in [1.82, 2.24) is 5.32 Å². The molecule has 88 valence electrons. The van der Waals surface area contributed by atoms with E-state index in [9.17, 15) is 4.79 Å². The predicted molar refractivity (Wildman–Crippen MR) is 64.4 cm³/mol. The number of hydrogen-bond acceptors (Lipinski definition) is 2. The Morgan fingerprint density at radius 1 is 1.50 bits per heavy atom. The maximum absolute atomic E-state index is 11.8. The van der Waals surface area contributed by atoms with E-state index in [4.69, 9.17) is 5.11 Å². The van der Waals surface area contributed by atoms with Crippen molar-refractivity contribution in [1.29, 1.82) is 0 Å². The van der Waals surface area contributed by atoms with Crippen LogP contribution in [0.15, 0.2) is 24.3 Å². The van der Waals surface area contributed by atoms with E-state index >= 15 is 0 Å². The van der Waals surface area contributed by atoms with Crippen LogP contribution in [0, 0.1) is 6.92 Å². The Morgan fingerprint density at radius 3 is 2.88 bits per heavy atom. The van der Waals surface area contributed by atoms with E-state index in [-0.39, 0.29) is 18.6 Å². The van der Waals surface area contributed by atoms with Crippen molar-refractivity contribution in [2.75, 3.05) is 6.61 Å². The van der Waals surface area contributed by atoms with E-state index < -0.39 is 0 Å². The number of nitrogens with one attached hydrogen (secondary N) is 1. The van der Waals surface area contributed by atoms with Crippen LogP contribution in [0.25, 0.3) is 0 Å². The molecular weight excluding hydrogens is 202 g/mol. The average molecular weight is 221 g/mol. The fraction of sp³-hybridized carbons (Fsp3) is 0.462. The first-order valence-electron chi connectivity index (χ1n) is 5.62. The molecule has 0 heterocycles. The van der Waals surface area contributed by atoms with Gasteiger partial charge in [-0.15, -0.1) is 0 Å². The van der Waals surface area contributed by atoms with Crippen molar-refractivity contribution < 1.29 is 9.90 Å². The van der Waals surface area contributed by atoms with Crippen LogP contribution in [0.2, 0.25) is 0 Å². The molecule has 0 aliphatic carbocycles. The van der Waals surface area contributed by atoms with Crippen LogP contribution < -0.4 is 5.32 Å². The molecule has 1 atom stereocenters. The first-order valence-corrected chi connectivity index (χ1v) is 5.62. The quantitative estimate of drug-likeness (QED) is 0.797. The van der Waals surface area contributed by atoms with Crippen LogP contribution >= 0.6 is 0 Å². The molecule has 3 nitrogen and oxygen atoms in total. The average Bonchev–Trinajstić information content (AvgIpc) is 2.26. The van der Waals surface area contributed by atoms with Gasteiger partial charge >= 0.3 is 0 Å². The minimum absolute atomic E-state index is 0.0471. The van der Waals surface area contributed by atoms with E-state index in [1.165, 1.54) is 0 Å². The number of amides is 1. The largest absolute Gasteiger partial charge is 0.396 e. The maximum Gasteiger partial charge on any atom is 0.251 e. The third-order valence-corrected chi connectivity index (χ3v) is 2.45. The van der Waals surface area contributed by atoms with Gasteiger partial charge in [0.2, 0.25) is 0 Å². The molecule has 3 heteroatoms. The Labute approximate surface area is 96.5 Å². The summed E-state index contributed by atoms with van der Waals surface area (Å²) in [5.41, 5.74) is 1.77. The second-order valence-electron chi connectivity index (χ2n) is 4.11. The van der Waals surface area contributed by atoms with Gasteiger partial charge in [-0.3, -0.25) is 4.79 Å². The molecule has 0 saturated heterocycles. The zero-order valence-corrected chi connectivity index (χ0v) is 9.86. The maximum atomic E-state index is 11.8. The summed E-state index contributed by atoms with van der Waals surface area (Å²) >= 11 is 0. The second-order valence-corrected chi connectivity index (χ2v) is 4.11. The van der Waals surface area contributed by atoms with Gasteiger partial charge < -0.3 is 10.4 Å². The molecule has 2 N–H and O–H groups in total. The molecule has 0 aliphatic rings. The zero-order chi connectivity index (χ0) is 12.0. The van der Waals surface area contributed by atoms with Gasteiger partial charge in [0.05, 0.1) is 0 Å². The lowest BCUT2D eigenvalue weighted by Gasteiger charge is -2.13.